The topological polar surface area (TPSA) is 43.4 Å². The van der Waals surface area contributed by atoms with Gasteiger partial charge in [0.15, 0.2) is 0 Å². The molecule has 21 heavy (non-hydrogen) atoms. The molecule has 0 aliphatic heterocycles. The molecule has 3 nitrogen and oxygen atoms in total. The van der Waals surface area contributed by atoms with Gasteiger partial charge in [0.05, 0.1) is 6.61 Å². The minimum absolute atomic E-state index is 0.0443. The van der Waals surface area contributed by atoms with Gasteiger partial charge in [-0.2, -0.15) is 0 Å². The summed E-state index contributed by atoms with van der Waals surface area (Å²) >= 11 is 0. The van der Waals surface area contributed by atoms with Crippen LogP contribution in [0.2, 0.25) is 0 Å². The molecule has 0 N–H and O–H groups in total. The summed E-state index contributed by atoms with van der Waals surface area (Å²) in [5.41, 5.74) is 2.72. The second-order valence-electron chi connectivity index (χ2n) is 5.81. The van der Waals surface area contributed by atoms with Crippen LogP contribution in [0.5, 0.6) is 0 Å². The molecule has 0 radical (unpaired) electrons. The normalized spacial score (nSPS) is 11.4. The lowest BCUT2D eigenvalue weighted by Gasteiger charge is -2.10. The van der Waals surface area contributed by atoms with Crippen molar-refractivity contribution in [2.24, 2.45) is 5.92 Å². The Bertz CT molecular complexity index is 385. The second kappa shape index (κ2) is 11.3. The van der Waals surface area contributed by atoms with Crippen molar-refractivity contribution in [3.05, 3.63) is 23.3 Å². The van der Waals surface area contributed by atoms with Crippen molar-refractivity contribution < 1.29 is 14.3 Å². The van der Waals surface area contributed by atoms with Gasteiger partial charge >= 0.3 is 5.97 Å². The maximum Gasteiger partial charge on any atom is 0.313 e. The van der Waals surface area contributed by atoms with Crippen LogP contribution in [-0.2, 0) is 14.3 Å². The van der Waals surface area contributed by atoms with E-state index in [9.17, 15) is 9.59 Å². The van der Waals surface area contributed by atoms with Crippen LogP contribution in [0.3, 0.4) is 0 Å². The lowest BCUT2D eigenvalue weighted by atomic mass is 9.96. The number of rotatable bonds is 10. The Labute approximate surface area is 129 Å². The summed E-state index contributed by atoms with van der Waals surface area (Å²) in [4.78, 5) is 22.8. The predicted molar refractivity (Wildman–Crippen MR) is 87.1 cm³/mol. The first kappa shape index (κ1) is 19.6. The molecule has 0 aliphatic rings. The van der Waals surface area contributed by atoms with Gasteiger partial charge in [-0.3, -0.25) is 9.59 Å². The lowest BCUT2D eigenvalue weighted by molar-refractivity contribution is -0.145. The lowest BCUT2D eigenvalue weighted by Crippen LogP contribution is -2.10. The smallest absolute Gasteiger partial charge is 0.313 e. The van der Waals surface area contributed by atoms with Crippen molar-refractivity contribution in [1.82, 2.24) is 0 Å². The molecule has 0 aromatic carbocycles. The van der Waals surface area contributed by atoms with E-state index in [4.69, 9.17) is 4.74 Å². The molecule has 3 heteroatoms. The highest BCUT2D eigenvalue weighted by Crippen LogP contribution is 2.18. The van der Waals surface area contributed by atoms with Gasteiger partial charge in [0, 0.05) is 6.42 Å². The van der Waals surface area contributed by atoms with Crippen molar-refractivity contribution in [3.63, 3.8) is 0 Å². The zero-order valence-electron chi connectivity index (χ0n) is 14.2. The zero-order chi connectivity index (χ0) is 16.3. The van der Waals surface area contributed by atoms with Crippen LogP contribution < -0.4 is 0 Å². The molecular formula is C18H30O3. The molecule has 0 rings (SSSR count). The van der Waals surface area contributed by atoms with Gasteiger partial charge in [-0.1, -0.05) is 37.1 Å². The van der Waals surface area contributed by atoms with Crippen LogP contribution in [-0.4, -0.2) is 18.4 Å². The number of ether oxygens (including phenoxy) is 1. The molecule has 0 fully saturated rings. The fourth-order valence-corrected chi connectivity index (χ4v) is 2.03. The van der Waals surface area contributed by atoms with Gasteiger partial charge in [0.1, 0.15) is 12.2 Å². The highest BCUT2D eigenvalue weighted by Gasteiger charge is 2.10. The van der Waals surface area contributed by atoms with Crippen molar-refractivity contribution in [3.8, 4) is 0 Å². The molecule has 0 spiro atoms. The number of carbonyl (C=O) groups is 2. The number of esters is 1. The van der Waals surface area contributed by atoms with E-state index < -0.39 is 5.97 Å². The van der Waals surface area contributed by atoms with Gasteiger partial charge in [-0.05, 0) is 46.0 Å². The number of ketones is 1. The van der Waals surface area contributed by atoms with Crippen molar-refractivity contribution in [1.29, 1.82) is 0 Å². The number of hydrogen-bond donors (Lipinski definition) is 0. The van der Waals surface area contributed by atoms with Gasteiger partial charge in [-0.25, -0.2) is 0 Å². The van der Waals surface area contributed by atoms with Gasteiger partial charge in [0.2, 0.25) is 0 Å². The molecular weight excluding hydrogens is 264 g/mol. The summed E-state index contributed by atoms with van der Waals surface area (Å²) < 4.78 is 4.77. The van der Waals surface area contributed by atoms with Crippen LogP contribution in [0.15, 0.2) is 23.3 Å². The van der Waals surface area contributed by atoms with Crippen LogP contribution in [0.25, 0.3) is 0 Å². The molecule has 0 saturated heterocycles. The minimum atomic E-state index is -0.417. The first-order valence-corrected chi connectivity index (χ1v) is 7.86. The Morgan fingerprint density at radius 2 is 1.67 bits per heavy atom. The highest BCUT2D eigenvalue weighted by molar-refractivity contribution is 5.95. The SMILES string of the molecule is CCOC(=O)CC(=O)CC/C=C(/CCC=C(C)C)C(C)C. The molecule has 0 bridgehead atoms. The van der Waals surface area contributed by atoms with E-state index in [-0.39, 0.29) is 12.2 Å². The summed E-state index contributed by atoms with van der Waals surface area (Å²) in [5, 5.41) is 0. The quantitative estimate of drug-likeness (QED) is 0.335. The Kier molecular flexibility index (Phi) is 10.6. The summed E-state index contributed by atoms with van der Waals surface area (Å²) in [7, 11) is 0. The van der Waals surface area contributed by atoms with Gasteiger partial charge < -0.3 is 4.74 Å². The van der Waals surface area contributed by atoms with Crippen LogP contribution in [0.4, 0.5) is 0 Å². The van der Waals surface area contributed by atoms with Crippen molar-refractivity contribution in [2.45, 2.75) is 66.7 Å². The Hall–Kier alpha value is -1.38. The molecule has 120 valence electrons. The molecule has 0 atom stereocenters. The summed E-state index contributed by atoms with van der Waals surface area (Å²) in [6, 6.07) is 0. The monoisotopic (exact) mass is 294 g/mol. The van der Waals surface area contributed by atoms with E-state index in [1.807, 2.05) is 0 Å². The van der Waals surface area contributed by atoms with Crippen molar-refractivity contribution in [2.75, 3.05) is 6.61 Å². The Balaban J connectivity index is 4.23. The molecule has 0 heterocycles. The maximum atomic E-state index is 11.6. The highest BCUT2D eigenvalue weighted by atomic mass is 16.5. The minimum Gasteiger partial charge on any atom is -0.466 e. The predicted octanol–water partition coefficient (Wildman–Crippen LogP) is 4.62. The average Bonchev–Trinajstić information content (AvgIpc) is 2.36. The van der Waals surface area contributed by atoms with E-state index in [0.717, 1.165) is 12.8 Å². The molecule has 0 unspecified atom stereocenters. The van der Waals surface area contributed by atoms with Gasteiger partial charge in [-0.15, -0.1) is 0 Å². The zero-order valence-corrected chi connectivity index (χ0v) is 14.2. The Morgan fingerprint density at radius 1 is 1.05 bits per heavy atom. The summed E-state index contributed by atoms with van der Waals surface area (Å²) in [5.74, 6) is 0.0342. The number of carbonyl (C=O) groups excluding carboxylic acids is 2. The first-order valence-electron chi connectivity index (χ1n) is 7.86. The third-order valence-electron chi connectivity index (χ3n) is 3.20. The molecule has 0 saturated carbocycles. The van der Waals surface area contributed by atoms with E-state index in [1.54, 1.807) is 6.92 Å². The summed E-state index contributed by atoms with van der Waals surface area (Å²) in [6.07, 6.45) is 7.50. The summed E-state index contributed by atoms with van der Waals surface area (Å²) in [6.45, 7) is 10.6. The first-order chi connectivity index (χ1) is 9.86. The second-order valence-corrected chi connectivity index (χ2v) is 5.81. The van der Waals surface area contributed by atoms with Crippen molar-refractivity contribution >= 4 is 11.8 Å². The largest absolute Gasteiger partial charge is 0.466 e. The van der Waals surface area contributed by atoms with E-state index in [2.05, 4.69) is 39.8 Å². The number of hydrogen-bond acceptors (Lipinski definition) is 3. The molecule has 0 amide bonds. The average molecular weight is 294 g/mol. The van der Waals surface area contributed by atoms with E-state index in [1.165, 1.54) is 11.1 Å². The van der Waals surface area contributed by atoms with E-state index in [0.29, 0.717) is 25.4 Å². The molecule has 0 aliphatic carbocycles. The third kappa shape index (κ3) is 11.0. The fraction of sp³-hybridized carbons (Fsp3) is 0.667. The fourth-order valence-electron chi connectivity index (χ4n) is 2.03. The van der Waals surface area contributed by atoms with Gasteiger partial charge in [0.25, 0.3) is 0 Å². The third-order valence-corrected chi connectivity index (χ3v) is 3.20. The van der Waals surface area contributed by atoms with Crippen LogP contribution in [0, 0.1) is 5.92 Å². The van der Waals surface area contributed by atoms with Crippen LogP contribution >= 0.6 is 0 Å². The number of allylic oxidation sites excluding steroid dienone is 4. The Morgan fingerprint density at radius 3 is 2.19 bits per heavy atom. The maximum absolute atomic E-state index is 11.6. The standard InChI is InChI=1S/C18H30O3/c1-6-21-18(20)13-17(19)12-8-11-16(15(4)5)10-7-9-14(2)3/h9,11,15H,6-8,10,12-13H2,1-5H3/b16-11-. The van der Waals surface area contributed by atoms with E-state index >= 15 is 0 Å². The molecule has 0 aromatic heterocycles. The number of Topliss-reactive ketones (excluding diaryl/α,β-unsaturated/α-hetero) is 1. The molecule has 0 aromatic rings. The van der Waals surface area contributed by atoms with Crippen LogP contribution in [0.1, 0.15) is 66.7 Å².